The molecule has 0 rings (SSSR count). The summed E-state index contributed by atoms with van der Waals surface area (Å²) in [6.07, 6.45) is 4.23. The van der Waals surface area contributed by atoms with E-state index in [4.69, 9.17) is 14.6 Å². The van der Waals surface area contributed by atoms with E-state index in [0.717, 1.165) is 6.26 Å². The first-order chi connectivity index (χ1) is 8.47. The van der Waals surface area contributed by atoms with Crippen molar-refractivity contribution in [1.82, 2.24) is 0 Å². The maximum Gasteiger partial charge on any atom is 0.264 e. The smallest absolute Gasteiger partial charge is 0.264 e. The monoisotopic (exact) mass is 282 g/mol. The van der Waals surface area contributed by atoms with Gasteiger partial charge in [0.2, 0.25) is 0 Å². The van der Waals surface area contributed by atoms with E-state index < -0.39 is 10.1 Å². The quantitative estimate of drug-likeness (QED) is 0.354. The van der Waals surface area contributed by atoms with Gasteiger partial charge in [-0.3, -0.25) is 4.18 Å². The number of hydrogen-bond donors (Lipinski definition) is 1. The van der Waals surface area contributed by atoms with Gasteiger partial charge in [0.15, 0.2) is 0 Å². The second-order valence-electron chi connectivity index (χ2n) is 2.98. The Morgan fingerprint density at radius 2 is 1.56 bits per heavy atom. The third-order valence-corrected chi connectivity index (χ3v) is 1.83. The Labute approximate surface area is 109 Å². The lowest BCUT2D eigenvalue weighted by Crippen LogP contribution is -2.09. The van der Waals surface area contributed by atoms with Gasteiger partial charge < -0.3 is 14.6 Å². The molecule has 0 saturated heterocycles. The van der Waals surface area contributed by atoms with Crippen LogP contribution in [0.2, 0.25) is 0 Å². The van der Waals surface area contributed by atoms with Gasteiger partial charge in [0, 0.05) is 0 Å². The predicted molar refractivity (Wildman–Crippen MR) is 69.9 cm³/mol. The number of hydrogen-bond acceptors (Lipinski definition) is 6. The van der Waals surface area contributed by atoms with E-state index in [1.54, 1.807) is 12.2 Å². The summed E-state index contributed by atoms with van der Waals surface area (Å²) in [5.74, 6) is 0. The molecule has 0 spiro atoms. The van der Waals surface area contributed by atoms with Crippen molar-refractivity contribution in [3.63, 3.8) is 0 Å². The Bertz CT molecular complexity index is 286. The molecule has 0 aliphatic rings. The highest BCUT2D eigenvalue weighted by Crippen LogP contribution is 1.86. The maximum atomic E-state index is 10.4. The highest BCUT2D eigenvalue weighted by Gasteiger charge is 1.99. The molecular formula is C11H22O6S. The normalized spacial score (nSPS) is 10.3. The summed E-state index contributed by atoms with van der Waals surface area (Å²) in [6.45, 7) is 8.61. The Kier molecular flexibility index (Phi) is 15.6. The zero-order chi connectivity index (χ0) is 14.3. The molecule has 0 atom stereocenters. The van der Waals surface area contributed by atoms with Crippen LogP contribution in [0.3, 0.4) is 0 Å². The zero-order valence-electron chi connectivity index (χ0n) is 10.7. The molecule has 0 heterocycles. The van der Waals surface area contributed by atoms with E-state index in [9.17, 15) is 8.42 Å². The second-order valence-corrected chi connectivity index (χ2v) is 4.62. The molecule has 0 fully saturated rings. The summed E-state index contributed by atoms with van der Waals surface area (Å²) in [6, 6.07) is 0. The molecule has 0 aromatic heterocycles. The number of rotatable bonds is 10. The van der Waals surface area contributed by atoms with E-state index >= 15 is 0 Å². The van der Waals surface area contributed by atoms with Gasteiger partial charge in [0.05, 0.1) is 45.9 Å². The lowest BCUT2D eigenvalue weighted by Gasteiger charge is -2.00. The van der Waals surface area contributed by atoms with Gasteiger partial charge in [-0.2, -0.15) is 8.42 Å². The van der Waals surface area contributed by atoms with Gasteiger partial charge in [-0.15, -0.1) is 13.2 Å². The van der Waals surface area contributed by atoms with Crippen molar-refractivity contribution in [2.75, 3.05) is 45.9 Å². The molecule has 0 aliphatic carbocycles. The van der Waals surface area contributed by atoms with Crippen molar-refractivity contribution in [2.45, 2.75) is 0 Å². The van der Waals surface area contributed by atoms with Gasteiger partial charge in [0.25, 0.3) is 10.1 Å². The third-order valence-electron chi connectivity index (χ3n) is 1.23. The van der Waals surface area contributed by atoms with Crippen LogP contribution in [0.5, 0.6) is 0 Å². The summed E-state index contributed by atoms with van der Waals surface area (Å²) < 4.78 is 34.8. The van der Waals surface area contributed by atoms with Gasteiger partial charge in [-0.1, -0.05) is 12.2 Å². The minimum atomic E-state index is -3.32. The molecule has 0 unspecified atom stereocenters. The average molecular weight is 282 g/mol. The number of aliphatic hydroxyl groups excluding tert-OH is 1. The lowest BCUT2D eigenvalue weighted by atomic mass is 10.7. The van der Waals surface area contributed by atoms with Crippen LogP contribution in [-0.2, 0) is 23.8 Å². The van der Waals surface area contributed by atoms with Crippen LogP contribution in [0, 0.1) is 0 Å². The first kappa shape index (κ1) is 19.6. The molecule has 7 heteroatoms. The van der Waals surface area contributed by atoms with Crippen LogP contribution >= 0.6 is 0 Å². The van der Waals surface area contributed by atoms with Crippen molar-refractivity contribution in [1.29, 1.82) is 0 Å². The Morgan fingerprint density at radius 1 is 1.06 bits per heavy atom. The fourth-order valence-corrected chi connectivity index (χ4v) is 1.01. The molecule has 18 heavy (non-hydrogen) atoms. The molecule has 0 aromatic rings. The van der Waals surface area contributed by atoms with Crippen LogP contribution in [0.15, 0.2) is 25.3 Å². The Morgan fingerprint density at radius 3 is 1.94 bits per heavy atom. The standard InChI is InChI=1S/C6H12O4S.C5H10O2/c1-3-4-9-5-6-10-11(2,7)8;1-2-4-7-5-3-6/h3H,1,4-6H2,2H3;2,6H,1,3-5H2. The Hall–Kier alpha value is -0.730. The number of ether oxygens (including phenoxy) is 2. The van der Waals surface area contributed by atoms with Crippen LogP contribution in [0.25, 0.3) is 0 Å². The second kappa shape index (κ2) is 14.3. The number of aliphatic hydroxyl groups is 1. The SMILES string of the molecule is C=CCOCCO.C=CCOCCOS(C)(=O)=O. The molecule has 0 radical (unpaired) electrons. The molecule has 0 amide bonds. The van der Waals surface area contributed by atoms with Crippen LogP contribution in [-0.4, -0.2) is 59.4 Å². The summed E-state index contributed by atoms with van der Waals surface area (Å²) in [5, 5.41) is 8.13. The minimum absolute atomic E-state index is 0.0622. The predicted octanol–water partition coefficient (Wildman–Crippen LogP) is 0.347. The first-order valence-corrected chi connectivity index (χ1v) is 7.12. The maximum absolute atomic E-state index is 10.4. The van der Waals surface area contributed by atoms with E-state index in [1.165, 1.54) is 0 Å². The molecule has 108 valence electrons. The van der Waals surface area contributed by atoms with E-state index in [-0.39, 0.29) is 19.8 Å². The van der Waals surface area contributed by atoms with Gasteiger partial charge in [-0.25, -0.2) is 0 Å². The molecule has 0 saturated carbocycles. The summed E-state index contributed by atoms with van der Waals surface area (Å²) >= 11 is 0. The van der Waals surface area contributed by atoms with Crippen LogP contribution in [0.1, 0.15) is 0 Å². The summed E-state index contributed by atoms with van der Waals surface area (Å²) in [5.41, 5.74) is 0. The van der Waals surface area contributed by atoms with Crippen molar-refractivity contribution < 1.29 is 27.2 Å². The van der Waals surface area contributed by atoms with Gasteiger partial charge in [-0.05, 0) is 0 Å². The topological polar surface area (TPSA) is 82.1 Å². The summed E-state index contributed by atoms with van der Waals surface area (Å²) in [4.78, 5) is 0. The van der Waals surface area contributed by atoms with Crippen molar-refractivity contribution in [2.24, 2.45) is 0 Å². The minimum Gasteiger partial charge on any atom is -0.394 e. The fraction of sp³-hybridized carbons (Fsp3) is 0.636. The third kappa shape index (κ3) is 24.5. The molecular weight excluding hydrogens is 260 g/mol. The lowest BCUT2D eigenvalue weighted by molar-refractivity contribution is 0.112. The van der Waals surface area contributed by atoms with Crippen LogP contribution in [0.4, 0.5) is 0 Å². The van der Waals surface area contributed by atoms with E-state index in [1.807, 2.05) is 0 Å². The Balaban J connectivity index is 0. The molecule has 0 aliphatic heterocycles. The summed E-state index contributed by atoms with van der Waals surface area (Å²) in [7, 11) is -3.32. The zero-order valence-corrected chi connectivity index (χ0v) is 11.5. The van der Waals surface area contributed by atoms with Crippen LogP contribution < -0.4 is 0 Å². The first-order valence-electron chi connectivity index (χ1n) is 5.30. The molecule has 6 nitrogen and oxygen atoms in total. The highest BCUT2D eigenvalue weighted by atomic mass is 32.2. The van der Waals surface area contributed by atoms with E-state index in [2.05, 4.69) is 17.3 Å². The fourth-order valence-electron chi connectivity index (χ4n) is 0.642. The largest absolute Gasteiger partial charge is 0.394 e. The van der Waals surface area contributed by atoms with Crippen molar-refractivity contribution >= 4 is 10.1 Å². The van der Waals surface area contributed by atoms with E-state index in [0.29, 0.717) is 19.8 Å². The van der Waals surface area contributed by atoms with Crippen molar-refractivity contribution in [3.05, 3.63) is 25.3 Å². The van der Waals surface area contributed by atoms with Gasteiger partial charge in [0.1, 0.15) is 0 Å². The molecule has 1 N–H and O–H groups in total. The highest BCUT2D eigenvalue weighted by molar-refractivity contribution is 7.85. The molecule has 0 bridgehead atoms. The average Bonchev–Trinajstić information content (AvgIpc) is 2.29. The molecule has 0 aromatic carbocycles. The van der Waals surface area contributed by atoms with Gasteiger partial charge >= 0.3 is 0 Å². The van der Waals surface area contributed by atoms with Crippen molar-refractivity contribution in [3.8, 4) is 0 Å².